The highest BCUT2D eigenvalue weighted by atomic mass is 32.1. The summed E-state index contributed by atoms with van der Waals surface area (Å²) in [7, 11) is 1.59. The number of thiophene rings is 1. The van der Waals surface area contributed by atoms with Gasteiger partial charge >= 0.3 is 5.97 Å². The number of rotatable bonds is 4. The maximum atomic E-state index is 12.4. The third-order valence-corrected chi connectivity index (χ3v) is 4.96. The summed E-state index contributed by atoms with van der Waals surface area (Å²) < 4.78 is 5.15. The van der Waals surface area contributed by atoms with Gasteiger partial charge in [0.05, 0.1) is 18.2 Å². The molecule has 120 valence electrons. The number of aromatic carboxylic acids is 1. The molecule has 3 rings (SSSR count). The highest BCUT2D eigenvalue weighted by Crippen LogP contribution is 2.45. The molecule has 0 spiro atoms. The molecule has 1 N–H and O–H groups in total. The normalized spacial score (nSPS) is 16.1. The van der Waals surface area contributed by atoms with E-state index in [-0.39, 0.29) is 10.8 Å². The standard InChI is InChI=1S/C17H17NO4S/c1-17(2)9-18(16(17)21)13-12(8-23-14(13)15(19)20)10-4-6-11(22-3)7-5-10/h4-8H,9H2,1-3H3,(H,19,20). The fourth-order valence-corrected chi connectivity index (χ4v) is 3.65. The van der Waals surface area contributed by atoms with Crippen molar-refractivity contribution < 1.29 is 19.4 Å². The first-order chi connectivity index (χ1) is 10.8. The Morgan fingerprint density at radius 3 is 2.43 bits per heavy atom. The molecule has 1 amide bonds. The first-order valence-corrected chi connectivity index (χ1v) is 8.04. The van der Waals surface area contributed by atoms with Crippen molar-refractivity contribution in [1.29, 1.82) is 0 Å². The zero-order chi connectivity index (χ0) is 16.8. The minimum atomic E-state index is -1.01. The molecule has 0 radical (unpaired) electrons. The molecule has 23 heavy (non-hydrogen) atoms. The molecule has 1 aliphatic heterocycles. The second-order valence-corrected chi connectivity index (χ2v) is 7.02. The van der Waals surface area contributed by atoms with E-state index in [4.69, 9.17) is 4.74 Å². The number of methoxy groups -OCH3 is 1. The Bertz CT molecular complexity index is 776. The first kappa shape index (κ1) is 15.6. The summed E-state index contributed by atoms with van der Waals surface area (Å²) in [6, 6.07) is 7.37. The van der Waals surface area contributed by atoms with Crippen LogP contribution < -0.4 is 9.64 Å². The Morgan fingerprint density at radius 2 is 1.96 bits per heavy atom. The van der Waals surface area contributed by atoms with Crippen molar-refractivity contribution in [3.05, 3.63) is 34.5 Å². The van der Waals surface area contributed by atoms with Crippen molar-refractivity contribution in [3.63, 3.8) is 0 Å². The molecule has 1 aromatic heterocycles. The minimum Gasteiger partial charge on any atom is -0.497 e. The average molecular weight is 331 g/mol. The van der Waals surface area contributed by atoms with Crippen LogP contribution in [0.15, 0.2) is 29.6 Å². The van der Waals surface area contributed by atoms with Crippen molar-refractivity contribution >= 4 is 28.9 Å². The smallest absolute Gasteiger partial charge is 0.348 e. The van der Waals surface area contributed by atoms with Crippen LogP contribution in [0, 0.1) is 5.41 Å². The molecule has 0 atom stereocenters. The lowest BCUT2D eigenvalue weighted by Crippen LogP contribution is -2.59. The number of carbonyl (C=O) groups is 2. The zero-order valence-corrected chi connectivity index (χ0v) is 13.9. The van der Waals surface area contributed by atoms with Crippen molar-refractivity contribution in [2.45, 2.75) is 13.8 Å². The largest absolute Gasteiger partial charge is 0.497 e. The lowest BCUT2D eigenvalue weighted by molar-refractivity contribution is -0.132. The van der Waals surface area contributed by atoms with Crippen molar-refractivity contribution in [3.8, 4) is 16.9 Å². The van der Waals surface area contributed by atoms with Crippen molar-refractivity contribution in [2.24, 2.45) is 5.41 Å². The van der Waals surface area contributed by atoms with Gasteiger partial charge in [0.1, 0.15) is 10.6 Å². The molecular weight excluding hydrogens is 314 g/mol. The van der Waals surface area contributed by atoms with Crippen LogP contribution in [0.25, 0.3) is 11.1 Å². The van der Waals surface area contributed by atoms with Crippen LogP contribution in [0.1, 0.15) is 23.5 Å². The second-order valence-electron chi connectivity index (χ2n) is 6.14. The van der Waals surface area contributed by atoms with Crippen LogP contribution >= 0.6 is 11.3 Å². The second kappa shape index (κ2) is 5.38. The number of anilines is 1. The van der Waals surface area contributed by atoms with E-state index in [0.29, 0.717) is 12.2 Å². The van der Waals surface area contributed by atoms with E-state index < -0.39 is 11.4 Å². The molecule has 1 fully saturated rings. The fraction of sp³-hybridized carbons (Fsp3) is 0.294. The Labute approximate surface area is 138 Å². The minimum absolute atomic E-state index is 0.0480. The van der Waals surface area contributed by atoms with Gasteiger partial charge in [0.2, 0.25) is 5.91 Å². The number of ether oxygens (including phenoxy) is 1. The maximum absolute atomic E-state index is 12.4. The van der Waals surface area contributed by atoms with Crippen LogP contribution in [0.2, 0.25) is 0 Å². The van der Waals surface area contributed by atoms with Crippen molar-refractivity contribution in [1.82, 2.24) is 0 Å². The molecule has 5 nitrogen and oxygen atoms in total. The van der Waals surface area contributed by atoms with Gasteiger partial charge in [-0.1, -0.05) is 12.1 Å². The average Bonchev–Trinajstić information content (AvgIpc) is 2.97. The number of hydrogen-bond donors (Lipinski definition) is 1. The highest BCUT2D eigenvalue weighted by molar-refractivity contribution is 7.13. The Kier molecular flexibility index (Phi) is 3.64. The van der Waals surface area contributed by atoms with Gasteiger partial charge in [-0.15, -0.1) is 11.3 Å². The predicted octanol–water partition coefficient (Wildman–Crippen LogP) is 3.49. The number of carbonyl (C=O) groups excluding carboxylic acids is 1. The molecule has 1 aliphatic rings. The van der Waals surface area contributed by atoms with Crippen LogP contribution in [-0.2, 0) is 4.79 Å². The number of carboxylic acid groups (broad SMARTS) is 1. The summed E-state index contributed by atoms with van der Waals surface area (Å²) in [5.74, 6) is -0.333. The van der Waals surface area contributed by atoms with Gasteiger partial charge in [-0.05, 0) is 31.5 Å². The van der Waals surface area contributed by atoms with Crippen LogP contribution in [0.5, 0.6) is 5.75 Å². The van der Waals surface area contributed by atoms with E-state index in [9.17, 15) is 14.7 Å². The summed E-state index contributed by atoms with van der Waals surface area (Å²) in [5, 5.41) is 11.2. The monoisotopic (exact) mass is 331 g/mol. The van der Waals surface area contributed by atoms with E-state index in [1.54, 1.807) is 17.4 Å². The molecule has 2 heterocycles. The Balaban J connectivity index is 2.07. The SMILES string of the molecule is COc1ccc(-c2csc(C(=O)O)c2N2CC(C)(C)C2=O)cc1. The van der Waals surface area contributed by atoms with E-state index >= 15 is 0 Å². The molecular formula is C17H17NO4S. The molecule has 0 bridgehead atoms. The van der Waals surface area contributed by atoms with Crippen LogP contribution in [-0.4, -0.2) is 30.6 Å². The predicted molar refractivity (Wildman–Crippen MR) is 89.4 cm³/mol. The van der Waals surface area contributed by atoms with Crippen molar-refractivity contribution in [2.75, 3.05) is 18.6 Å². The van der Waals surface area contributed by atoms with Crippen LogP contribution in [0.3, 0.4) is 0 Å². The van der Waals surface area contributed by atoms with E-state index in [1.165, 1.54) is 0 Å². The van der Waals surface area contributed by atoms with Gasteiger partial charge in [0.25, 0.3) is 0 Å². The number of β-lactam (4-membered cyclic amide) rings is 1. The fourth-order valence-electron chi connectivity index (χ4n) is 2.74. The van der Waals surface area contributed by atoms with E-state index in [0.717, 1.165) is 28.2 Å². The van der Waals surface area contributed by atoms with Gasteiger partial charge in [-0.3, -0.25) is 4.79 Å². The van der Waals surface area contributed by atoms with Crippen LogP contribution in [0.4, 0.5) is 5.69 Å². The Morgan fingerprint density at radius 1 is 1.30 bits per heavy atom. The molecule has 1 aromatic carbocycles. The van der Waals surface area contributed by atoms with Gasteiger partial charge in [0, 0.05) is 17.5 Å². The lowest BCUT2D eigenvalue weighted by Gasteiger charge is -2.44. The summed E-state index contributed by atoms with van der Waals surface area (Å²) in [6.07, 6.45) is 0. The molecule has 1 saturated heterocycles. The maximum Gasteiger partial charge on any atom is 0.348 e. The highest BCUT2D eigenvalue weighted by Gasteiger charge is 2.47. The molecule has 0 unspecified atom stereocenters. The first-order valence-electron chi connectivity index (χ1n) is 7.16. The quantitative estimate of drug-likeness (QED) is 0.871. The Hall–Kier alpha value is -2.34. The summed E-state index contributed by atoms with van der Waals surface area (Å²) in [6.45, 7) is 4.25. The number of amides is 1. The molecule has 6 heteroatoms. The van der Waals surface area contributed by atoms with Gasteiger partial charge in [0.15, 0.2) is 0 Å². The van der Waals surface area contributed by atoms with E-state index in [2.05, 4.69) is 0 Å². The lowest BCUT2D eigenvalue weighted by atomic mass is 9.82. The summed E-state index contributed by atoms with van der Waals surface area (Å²) in [4.78, 5) is 25.7. The summed E-state index contributed by atoms with van der Waals surface area (Å²) in [5.41, 5.74) is 1.69. The van der Waals surface area contributed by atoms with Gasteiger partial charge < -0.3 is 14.7 Å². The van der Waals surface area contributed by atoms with Gasteiger partial charge in [-0.2, -0.15) is 0 Å². The number of nitrogens with zero attached hydrogens (tertiary/aromatic N) is 1. The topological polar surface area (TPSA) is 66.8 Å². The zero-order valence-electron chi connectivity index (χ0n) is 13.1. The summed E-state index contributed by atoms with van der Waals surface area (Å²) >= 11 is 1.14. The third-order valence-electron chi connectivity index (χ3n) is 4.01. The van der Waals surface area contributed by atoms with Gasteiger partial charge in [-0.25, -0.2) is 4.79 Å². The molecule has 2 aromatic rings. The number of hydrogen-bond acceptors (Lipinski definition) is 4. The van der Waals surface area contributed by atoms with E-state index in [1.807, 2.05) is 38.1 Å². The third kappa shape index (κ3) is 2.49. The number of benzene rings is 1. The molecule has 0 aliphatic carbocycles. The molecule has 0 saturated carbocycles. The number of carboxylic acids is 1.